The Morgan fingerprint density at radius 3 is 2.94 bits per heavy atom. The molecule has 1 amide bonds. The van der Waals surface area contributed by atoms with Gasteiger partial charge in [-0.1, -0.05) is 19.9 Å². The van der Waals surface area contributed by atoms with Crippen LogP contribution in [-0.4, -0.2) is 40.1 Å². The van der Waals surface area contributed by atoms with Gasteiger partial charge >= 0.3 is 0 Å². The van der Waals surface area contributed by atoms with Crippen LogP contribution in [0.1, 0.15) is 26.0 Å². The van der Waals surface area contributed by atoms with Crippen LogP contribution in [0, 0.1) is 5.41 Å². The van der Waals surface area contributed by atoms with E-state index in [1.807, 2.05) is 36.9 Å². The topological polar surface area (TPSA) is 53.4 Å². The molecule has 1 fully saturated rings. The van der Waals surface area contributed by atoms with Crippen molar-refractivity contribution in [1.29, 1.82) is 0 Å². The molecule has 1 N–H and O–H groups in total. The lowest BCUT2D eigenvalue weighted by Crippen LogP contribution is -2.51. The molecule has 4 heteroatoms. The van der Waals surface area contributed by atoms with E-state index in [1.165, 1.54) is 0 Å². The molecule has 1 aromatic rings. The summed E-state index contributed by atoms with van der Waals surface area (Å²) in [5.41, 5.74) is 0.573. The number of carbonyl (C=O) groups excluding carboxylic acids is 1. The highest BCUT2D eigenvalue weighted by molar-refractivity contribution is 5.78. The van der Waals surface area contributed by atoms with Gasteiger partial charge in [-0.2, -0.15) is 0 Å². The summed E-state index contributed by atoms with van der Waals surface area (Å²) in [7, 11) is 0. The van der Waals surface area contributed by atoms with Gasteiger partial charge in [0.1, 0.15) is 0 Å². The number of hydrogen-bond donors (Lipinski definition) is 1. The van der Waals surface area contributed by atoms with Crippen molar-refractivity contribution in [2.24, 2.45) is 5.41 Å². The summed E-state index contributed by atoms with van der Waals surface area (Å²) in [4.78, 5) is 18.2. The highest BCUT2D eigenvalue weighted by Gasteiger charge is 2.36. The summed E-state index contributed by atoms with van der Waals surface area (Å²) in [5, 5.41) is 9.88. The Kier molecular flexibility index (Phi) is 3.66. The largest absolute Gasteiger partial charge is 0.392 e. The van der Waals surface area contributed by atoms with Crippen molar-refractivity contribution in [2.75, 3.05) is 13.1 Å². The van der Waals surface area contributed by atoms with Crippen molar-refractivity contribution in [3.05, 3.63) is 30.1 Å². The maximum absolute atomic E-state index is 12.2. The Labute approximate surface area is 108 Å². The van der Waals surface area contributed by atoms with Gasteiger partial charge in [-0.05, 0) is 18.6 Å². The van der Waals surface area contributed by atoms with Crippen LogP contribution < -0.4 is 0 Å². The van der Waals surface area contributed by atoms with E-state index in [1.54, 1.807) is 6.20 Å². The van der Waals surface area contributed by atoms with Gasteiger partial charge in [0.25, 0.3) is 0 Å². The molecule has 0 aromatic carbocycles. The third-order valence-electron chi connectivity index (χ3n) is 3.58. The molecule has 18 heavy (non-hydrogen) atoms. The molecule has 0 radical (unpaired) electrons. The molecule has 0 saturated carbocycles. The minimum atomic E-state index is -0.323. The van der Waals surface area contributed by atoms with Crippen LogP contribution in [0.15, 0.2) is 24.4 Å². The van der Waals surface area contributed by atoms with E-state index in [4.69, 9.17) is 0 Å². The zero-order chi connectivity index (χ0) is 13.2. The van der Waals surface area contributed by atoms with Crippen molar-refractivity contribution in [3.8, 4) is 0 Å². The Morgan fingerprint density at radius 1 is 1.56 bits per heavy atom. The van der Waals surface area contributed by atoms with Crippen molar-refractivity contribution in [3.63, 3.8) is 0 Å². The molecule has 0 spiro atoms. The van der Waals surface area contributed by atoms with Gasteiger partial charge in [-0.3, -0.25) is 9.78 Å². The van der Waals surface area contributed by atoms with Crippen molar-refractivity contribution in [1.82, 2.24) is 9.88 Å². The number of piperidine rings is 1. The molecule has 1 aromatic heterocycles. The molecule has 2 heterocycles. The number of aliphatic hydroxyl groups is 1. The van der Waals surface area contributed by atoms with E-state index in [9.17, 15) is 9.90 Å². The van der Waals surface area contributed by atoms with Crippen LogP contribution in [0.4, 0.5) is 0 Å². The van der Waals surface area contributed by atoms with Gasteiger partial charge in [0.15, 0.2) is 0 Å². The fourth-order valence-electron chi connectivity index (χ4n) is 2.33. The van der Waals surface area contributed by atoms with Crippen LogP contribution in [-0.2, 0) is 11.2 Å². The summed E-state index contributed by atoms with van der Waals surface area (Å²) in [5.74, 6) is 0.0914. The first-order chi connectivity index (χ1) is 8.49. The quantitative estimate of drug-likeness (QED) is 0.857. The zero-order valence-electron chi connectivity index (χ0n) is 11.0. The van der Waals surface area contributed by atoms with Crippen LogP contribution in [0.3, 0.4) is 0 Å². The summed E-state index contributed by atoms with van der Waals surface area (Å²) in [6.07, 6.45) is 2.37. The van der Waals surface area contributed by atoms with E-state index < -0.39 is 0 Å². The third kappa shape index (κ3) is 2.88. The molecule has 0 bridgehead atoms. The number of aliphatic hydroxyl groups excluding tert-OH is 1. The lowest BCUT2D eigenvalue weighted by atomic mass is 9.81. The number of amides is 1. The van der Waals surface area contributed by atoms with Crippen LogP contribution in [0.5, 0.6) is 0 Å². The SMILES string of the molecule is CC1(C)CN(C(=O)Cc2ccccn2)CCC1O. The highest BCUT2D eigenvalue weighted by Crippen LogP contribution is 2.29. The minimum Gasteiger partial charge on any atom is -0.392 e. The smallest absolute Gasteiger partial charge is 0.228 e. The average Bonchev–Trinajstić information content (AvgIpc) is 2.34. The molecule has 1 atom stereocenters. The van der Waals surface area contributed by atoms with E-state index in [2.05, 4.69) is 4.98 Å². The molecular formula is C14H20N2O2. The van der Waals surface area contributed by atoms with Gasteiger partial charge in [0.2, 0.25) is 5.91 Å². The second kappa shape index (κ2) is 5.06. The summed E-state index contributed by atoms with van der Waals surface area (Å²) < 4.78 is 0. The number of carbonyl (C=O) groups is 1. The van der Waals surface area contributed by atoms with Crippen molar-refractivity contribution >= 4 is 5.91 Å². The highest BCUT2D eigenvalue weighted by atomic mass is 16.3. The first-order valence-electron chi connectivity index (χ1n) is 6.35. The lowest BCUT2D eigenvalue weighted by molar-refractivity contribution is -0.137. The molecule has 2 rings (SSSR count). The fraction of sp³-hybridized carbons (Fsp3) is 0.571. The second-order valence-electron chi connectivity index (χ2n) is 5.61. The van der Waals surface area contributed by atoms with Crippen molar-refractivity contribution in [2.45, 2.75) is 32.8 Å². The van der Waals surface area contributed by atoms with E-state index in [0.717, 1.165) is 5.69 Å². The van der Waals surface area contributed by atoms with Gasteiger partial charge < -0.3 is 10.0 Å². The Hall–Kier alpha value is -1.42. The maximum Gasteiger partial charge on any atom is 0.228 e. The standard InChI is InChI=1S/C14H20N2O2/c1-14(2)10-16(8-6-12(14)17)13(18)9-11-5-3-4-7-15-11/h3-5,7,12,17H,6,8-10H2,1-2H3. The molecule has 1 unspecified atom stereocenters. The van der Waals surface area contributed by atoms with Crippen LogP contribution in [0.2, 0.25) is 0 Å². The van der Waals surface area contributed by atoms with Gasteiger partial charge in [-0.25, -0.2) is 0 Å². The first-order valence-corrected chi connectivity index (χ1v) is 6.35. The van der Waals surface area contributed by atoms with Crippen LogP contribution in [0.25, 0.3) is 0 Å². The summed E-state index contributed by atoms with van der Waals surface area (Å²) in [6, 6.07) is 5.59. The van der Waals surface area contributed by atoms with E-state index in [0.29, 0.717) is 25.9 Å². The first kappa shape index (κ1) is 13.0. The number of aromatic nitrogens is 1. The predicted molar refractivity (Wildman–Crippen MR) is 68.9 cm³/mol. The fourth-order valence-corrected chi connectivity index (χ4v) is 2.33. The normalized spacial score (nSPS) is 22.8. The van der Waals surface area contributed by atoms with Gasteiger partial charge in [-0.15, -0.1) is 0 Å². The second-order valence-corrected chi connectivity index (χ2v) is 5.61. The molecule has 98 valence electrons. The maximum atomic E-state index is 12.2. The summed E-state index contributed by atoms with van der Waals surface area (Å²) >= 11 is 0. The van der Waals surface area contributed by atoms with Crippen molar-refractivity contribution < 1.29 is 9.90 Å². The zero-order valence-corrected chi connectivity index (χ0v) is 11.0. The summed E-state index contributed by atoms with van der Waals surface area (Å²) in [6.45, 7) is 5.24. The molecule has 0 aliphatic carbocycles. The Balaban J connectivity index is 1.98. The number of nitrogens with zero attached hydrogens (tertiary/aromatic N) is 2. The predicted octanol–water partition coefficient (Wildman–Crippen LogP) is 1.24. The molecule has 1 aliphatic rings. The monoisotopic (exact) mass is 248 g/mol. The van der Waals surface area contributed by atoms with Gasteiger partial charge in [0.05, 0.1) is 12.5 Å². The molecule has 4 nitrogen and oxygen atoms in total. The molecule has 1 saturated heterocycles. The Morgan fingerprint density at radius 2 is 2.33 bits per heavy atom. The van der Waals surface area contributed by atoms with E-state index in [-0.39, 0.29) is 17.4 Å². The average molecular weight is 248 g/mol. The minimum absolute atomic E-state index is 0.0914. The van der Waals surface area contributed by atoms with E-state index >= 15 is 0 Å². The number of rotatable bonds is 2. The van der Waals surface area contributed by atoms with Gasteiger partial charge in [0, 0.05) is 30.4 Å². The number of pyridine rings is 1. The molecule has 1 aliphatic heterocycles. The van der Waals surface area contributed by atoms with Crippen LogP contribution >= 0.6 is 0 Å². The third-order valence-corrected chi connectivity index (χ3v) is 3.58. The Bertz CT molecular complexity index is 417. The number of hydrogen-bond acceptors (Lipinski definition) is 3. The molecular weight excluding hydrogens is 228 g/mol. The number of likely N-dealkylation sites (tertiary alicyclic amines) is 1. The lowest BCUT2D eigenvalue weighted by Gasteiger charge is -2.41.